The molecule has 1 amide bonds. The SMILES string of the molecule is O=C(c1ccoc1Br)N1CCN(c2ncccn2)CC1. The molecule has 3 heterocycles. The molecule has 0 aromatic carbocycles. The minimum atomic E-state index is -0.0146. The van der Waals surface area contributed by atoms with E-state index < -0.39 is 0 Å². The largest absolute Gasteiger partial charge is 0.457 e. The van der Waals surface area contributed by atoms with Crippen LogP contribution in [0, 0.1) is 0 Å². The predicted molar refractivity (Wildman–Crippen MR) is 76.6 cm³/mol. The summed E-state index contributed by atoms with van der Waals surface area (Å²) < 4.78 is 5.59. The van der Waals surface area contributed by atoms with Gasteiger partial charge >= 0.3 is 0 Å². The molecule has 3 rings (SSSR count). The number of carbonyl (C=O) groups is 1. The van der Waals surface area contributed by atoms with Gasteiger partial charge in [-0.05, 0) is 28.1 Å². The average Bonchev–Trinajstić information content (AvgIpc) is 2.94. The standard InChI is InChI=1S/C13H13BrN4O2/c14-11-10(2-9-20-11)12(19)17-5-7-18(8-6-17)13-15-3-1-4-16-13/h1-4,9H,5-8H2. The van der Waals surface area contributed by atoms with Gasteiger partial charge in [0.1, 0.15) is 0 Å². The number of piperazine rings is 1. The molecule has 0 saturated carbocycles. The van der Waals surface area contributed by atoms with E-state index in [-0.39, 0.29) is 5.91 Å². The van der Waals surface area contributed by atoms with Gasteiger partial charge in [0.25, 0.3) is 5.91 Å². The van der Waals surface area contributed by atoms with Gasteiger partial charge in [0.15, 0.2) is 4.67 Å². The fourth-order valence-corrected chi connectivity index (χ4v) is 2.59. The summed E-state index contributed by atoms with van der Waals surface area (Å²) in [5.74, 6) is 0.698. The van der Waals surface area contributed by atoms with Crippen molar-refractivity contribution in [3.63, 3.8) is 0 Å². The Morgan fingerprint density at radius 1 is 1.20 bits per heavy atom. The van der Waals surface area contributed by atoms with E-state index in [2.05, 4.69) is 30.8 Å². The molecule has 1 fully saturated rings. The molecule has 1 aliphatic heterocycles. The molecule has 1 aliphatic rings. The van der Waals surface area contributed by atoms with Gasteiger partial charge in [-0.3, -0.25) is 4.79 Å². The number of furan rings is 1. The van der Waals surface area contributed by atoms with Gasteiger partial charge in [0.05, 0.1) is 11.8 Å². The summed E-state index contributed by atoms with van der Waals surface area (Å²) in [6, 6.07) is 3.47. The van der Waals surface area contributed by atoms with E-state index in [9.17, 15) is 4.79 Å². The van der Waals surface area contributed by atoms with Crippen molar-refractivity contribution in [2.75, 3.05) is 31.1 Å². The van der Waals surface area contributed by atoms with Crippen LogP contribution in [0.3, 0.4) is 0 Å². The molecule has 0 unspecified atom stereocenters. The molecule has 2 aromatic rings. The number of carbonyl (C=O) groups excluding carboxylic acids is 1. The van der Waals surface area contributed by atoms with Crippen LogP contribution in [0.5, 0.6) is 0 Å². The lowest BCUT2D eigenvalue weighted by Gasteiger charge is -2.34. The summed E-state index contributed by atoms with van der Waals surface area (Å²) >= 11 is 3.24. The number of anilines is 1. The Morgan fingerprint density at radius 2 is 1.90 bits per heavy atom. The molecule has 7 heteroatoms. The third-order valence-corrected chi connectivity index (χ3v) is 3.86. The number of amides is 1. The maximum absolute atomic E-state index is 12.3. The smallest absolute Gasteiger partial charge is 0.258 e. The lowest BCUT2D eigenvalue weighted by molar-refractivity contribution is 0.0744. The number of nitrogens with zero attached hydrogens (tertiary/aromatic N) is 4. The predicted octanol–water partition coefficient (Wildman–Crippen LogP) is 1.79. The van der Waals surface area contributed by atoms with Gasteiger partial charge in [-0.2, -0.15) is 0 Å². The van der Waals surface area contributed by atoms with Crippen molar-refractivity contribution in [2.24, 2.45) is 0 Å². The highest BCUT2D eigenvalue weighted by Gasteiger charge is 2.25. The molecule has 2 aromatic heterocycles. The second-order valence-electron chi connectivity index (χ2n) is 4.44. The first kappa shape index (κ1) is 13.1. The first-order valence-corrected chi connectivity index (χ1v) is 7.09. The van der Waals surface area contributed by atoms with E-state index in [1.54, 1.807) is 24.5 Å². The van der Waals surface area contributed by atoms with Gasteiger partial charge in [-0.25, -0.2) is 9.97 Å². The van der Waals surface area contributed by atoms with Gasteiger partial charge in [-0.1, -0.05) is 0 Å². The minimum Gasteiger partial charge on any atom is -0.457 e. The quantitative estimate of drug-likeness (QED) is 0.836. The van der Waals surface area contributed by atoms with Gasteiger partial charge in [0.2, 0.25) is 5.95 Å². The van der Waals surface area contributed by atoms with E-state index in [4.69, 9.17) is 4.42 Å². The van der Waals surface area contributed by atoms with Crippen molar-refractivity contribution in [1.29, 1.82) is 0 Å². The fraction of sp³-hybridized carbons (Fsp3) is 0.308. The summed E-state index contributed by atoms with van der Waals surface area (Å²) in [4.78, 5) is 24.7. The van der Waals surface area contributed by atoms with Crippen LogP contribution in [0.1, 0.15) is 10.4 Å². The molecule has 0 spiro atoms. The Bertz CT molecular complexity index is 593. The van der Waals surface area contributed by atoms with Crippen LogP contribution in [-0.4, -0.2) is 47.0 Å². The number of hydrogen-bond acceptors (Lipinski definition) is 5. The lowest BCUT2D eigenvalue weighted by Crippen LogP contribution is -2.49. The van der Waals surface area contributed by atoms with Crippen molar-refractivity contribution in [3.8, 4) is 0 Å². The molecule has 0 atom stereocenters. The van der Waals surface area contributed by atoms with E-state index >= 15 is 0 Å². The van der Waals surface area contributed by atoms with E-state index in [0.29, 0.717) is 29.3 Å². The second kappa shape index (κ2) is 5.62. The summed E-state index contributed by atoms with van der Waals surface area (Å²) in [5.41, 5.74) is 0.564. The lowest BCUT2D eigenvalue weighted by atomic mass is 10.2. The van der Waals surface area contributed by atoms with Crippen molar-refractivity contribution in [1.82, 2.24) is 14.9 Å². The zero-order valence-corrected chi connectivity index (χ0v) is 12.3. The van der Waals surface area contributed by atoms with Crippen LogP contribution in [0.25, 0.3) is 0 Å². The third kappa shape index (κ3) is 2.53. The highest BCUT2D eigenvalue weighted by Crippen LogP contribution is 2.20. The maximum Gasteiger partial charge on any atom is 0.258 e. The molecular weight excluding hydrogens is 324 g/mol. The molecule has 1 saturated heterocycles. The highest BCUT2D eigenvalue weighted by atomic mass is 79.9. The van der Waals surface area contributed by atoms with Crippen molar-refractivity contribution >= 4 is 27.8 Å². The van der Waals surface area contributed by atoms with Crippen LogP contribution in [0.4, 0.5) is 5.95 Å². The third-order valence-electron chi connectivity index (χ3n) is 3.25. The summed E-state index contributed by atoms with van der Waals surface area (Å²) in [7, 11) is 0. The highest BCUT2D eigenvalue weighted by molar-refractivity contribution is 9.10. The van der Waals surface area contributed by atoms with Crippen LogP contribution < -0.4 is 4.90 Å². The Hall–Kier alpha value is -1.89. The average molecular weight is 337 g/mol. The zero-order chi connectivity index (χ0) is 13.9. The van der Waals surface area contributed by atoms with Crippen molar-refractivity contribution < 1.29 is 9.21 Å². The van der Waals surface area contributed by atoms with E-state index in [1.807, 2.05) is 4.90 Å². The van der Waals surface area contributed by atoms with Crippen molar-refractivity contribution in [3.05, 3.63) is 41.0 Å². The minimum absolute atomic E-state index is 0.0146. The van der Waals surface area contributed by atoms with Crippen LogP contribution in [0.2, 0.25) is 0 Å². The summed E-state index contributed by atoms with van der Waals surface area (Å²) in [5, 5.41) is 0. The Morgan fingerprint density at radius 3 is 2.50 bits per heavy atom. The fourth-order valence-electron chi connectivity index (χ4n) is 2.18. The Balaban J connectivity index is 1.64. The van der Waals surface area contributed by atoms with Crippen molar-refractivity contribution in [2.45, 2.75) is 0 Å². The van der Waals surface area contributed by atoms with Crippen LogP contribution >= 0.6 is 15.9 Å². The number of aromatic nitrogens is 2. The number of hydrogen-bond donors (Lipinski definition) is 0. The molecule has 0 radical (unpaired) electrons. The summed E-state index contributed by atoms with van der Waals surface area (Å²) in [6.45, 7) is 2.75. The topological polar surface area (TPSA) is 62.5 Å². The van der Waals surface area contributed by atoms with Crippen LogP contribution in [-0.2, 0) is 0 Å². The molecule has 0 aliphatic carbocycles. The number of rotatable bonds is 2. The second-order valence-corrected chi connectivity index (χ2v) is 5.16. The van der Waals surface area contributed by atoms with Gasteiger partial charge < -0.3 is 14.2 Å². The maximum atomic E-state index is 12.3. The molecule has 0 bridgehead atoms. The zero-order valence-electron chi connectivity index (χ0n) is 10.7. The Kier molecular flexibility index (Phi) is 3.68. The normalized spacial score (nSPS) is 15.4. The van der Waals surface area contributed by atoms with Gasteiger partial charge in [0, 0.05) is 38.6 Å². The molecular formula is C13H13BrN4O2. The first-order valence-electron chi connectivity index (χ1n) is 6.30. The molecule has 20 heavy (non-hydrogen) atoms. The first-order chi connectivity index (χ1) is 9.75. The van der Waals surface area contributed by atoms with E-state index in [1.165, 1.54) is 6.26 Å². The molecule has 0 N–H and O–H groups in total. The summed E-state index contributed by atoms with van der Waals surface area (Å²) in [6.07, 6.45) is 4.95. The number of halogens is 1. The molecule has 6 nitrogen and oxygen atoms in total. The monoisotopic (exact) mass is 336 g/mol. The Labute approximate surface area is 124 Å². The van der Waals surface area contributed by atoms with Gasteiger partial charge in [-0.15, -0.1) is 0 Å². The van der Waals surface area contributed by atoms with Crippen LogP contribution in [0.15, 0.2) is 39.9 Å². The van der Waals surface area contributed by atoms with E-state index in [0.717, 1.165) is 13.1 Å². The molecule has 104 valence electrons.